The summed E-state index contributed by atoms with van der Waals surface area (Å²) in [5.41, 5.74) is 3.34. The highest BCUT2D eigenvalue weighted by molar-refractivity contribution is 7.99. The molecule has 1 saturated heterocycles. The van der Waals surface area contributed by atoms with Gasteiger partial charge in [0.2, 0.25) is 5.91 Å². The number of benzene rings is 3. The van der Waals surface area contributed by atoms with E-state index in [2.05, 4.69) is 21.3 Å². The summed E-state index contributed by atoms with van der Waals surface area (Å²) in [6.07, 6.45) is 2.43. The molecule has 0 radical (unpaired) electrons. The molecule has 1 aliphatic heterocycles. The number of anilines is 2. The van der Waals surface area contributed by atoms with E-state index < -0.39 is 0 Å². The number of carbonyl (C=O) groups excluding carboxylic acids is 1. The van der Waals surface area contributed by atoms with Crippen LogP contribution >= 0.6 is 11.8 Å². The van der Waals surface area contributed by atoms with Gasteiger partial charge in [-0.25, -0.2) is 4.98 Å². The topological polar surface area (TPSA) is 91.0 Å². The number of rotatable bonds is 6. The van der Waals surface area contributed by atoms with Gasteiger partial charge in [-0.1, -0.05) is 23.9 Å². The minimum Gasteiger partial charge on any atom is -0.372 e. The number of hydrogen-bond donors (Lipinski definition) is 1. The van der Waals surface area contributed by atoms with Gasteiger partial charge in [0.25, 0.3) is 5.56 Å². The molecule has 0 bridgehead atoms. The van der Waals surface area contributed by atoms with Crippen molar-refractivity contribution in [3.8, 4) is 11.8 Å². The summed E-state index contributed by atoms with van der Waals surface area (Å²) in [6, 6.07) is 23.8. The summed E-state index contributed by atoms with van der Waals surface area (Å²) in [4.78, 5) is 33.0. The predicted octanol–water partition coefficient (Wildman–Crippen LogP) is 4.59. The molecule has 1 fully saturated rings. The second-order valence-electron chi connectivity index (χ2n) is 8.29. The van der Waals surface area contributed by atoms with Gasteiger partial charge in [-0.2, -0.15) is 5.26 Å². The van der Waals surface area contributed by atoms with Gasteiger partial charge in [-0.3, -0.25) is 14.2 Å². The molecule has 0 aliphatic carbocycles. The van der Waals surface area contributed by atoms with E-state index in [1.807, 2.05) is 30.3 Å². The molecule has 2 heterocycles. The van der Waals surface area contributed by atoms with Gasteiger partial charge < -0.3 is 10.2 Å². The first kappa shape index (κ1) is 22.7. The Labute approximate surface area is 207 Å². The van der Waals surface area contributed by atoms with Gasteiger partial charge in [-0.05, 0) is 73.5 Å². The summed E-state index contributed by atoms with van der Waals surface area (Å²) in [5, 5.41) is 12.9. The van der Waals surface area contributed by atoms with Crippen molar-refractivity contribution < 1.29 is 4.79 Å². The number of nitrogens with zero attached hydrogens (tertiary/aromatic N) is 4. The lowest BCUT2D eigenvalue weighted by atomic mass is 10.2. The lowest BCUT2D eigenvalue weighted by Crippen LogP contribution is -2.23. The molecule has 1 amide bonds. The standard InChI is InChI=1S/C27H23N5O2S/c28-17-19-7-11-22(12-8-19)32-26(34)23-5-1-2-6-24(23)30-27(32)35-18-25(33)29-20-9-13-21(14-10-20)31-15-3-4-16-31/h1-2,5-14H,3-4,15-16,18H2,(H,29,33). The van der Waals surface area contributed by atoms with Crippen LogP contribution in [0.1, 0.15) is 18.4 Å². The normalized spacial score (nSPS) is 13.1. The van der Waals surface area contributed by atoms with E-state index in [9.17, 15) is 9.59 Å². The van der Waals surface area contributed by atoms with Crippen LogP contribution < -0.4 is 15.8 Å². The number of para-hydroxylation sites is 1. The maximum absolute atomic E-state index is 13.3. The number of carbonyl (C=O) groups is 1. The minimum absolute atomic E-state index is 0.0922. The second kappa shape index (κ2) is 10.0. The van der Waals surface area contributed by atoms with Crippen LogP contribution in [-0.4, -0.2) is 34.3 Å². The van der Waals surface area contributed by atoms with Crippen molar-refractivity contribution in [2.24, 2.45) is 0 Å². The van der Waals surface area contributed by atoms with Crippen LogP contribution in [0.25, 0.3) is 16.6 Å². The number of fused-ring (bicyclic) bond motifs is 1. The molecule has 7 nitrogen and oxygen atoms in total. The van der Waals surface area contributed by atoms with E-state index in [0.717, 1.165) is 18.8 Å². The average Bonchev–Trinajstić information content (AvgIpc) is 3.43. The summed E-state index contributed by atoms with van der Waals surface area (Å²) in [7, 11) is 0. The lowest BCUT2D eigenvalue weighted by molar-refractivity contribution is -0.113. The number of nitriles is 1. The van der Waals surface area contributed by atoms with E-state index in [0.29, 0.717) is 27.3 Å². The Hall–Kier alpha value is -4.09. The molecule has 1 aromatic heterocycles. The van der Waals surface area contributed by atoms with E-state index >= 15 is 0 Å². The Balaban J connectivity index is 1.36. The Bertz CT molecular complexity index is 1470. The first-order chi connectivity index (χ1) is 17.1. The first-order valence-electron chi connectivity index (χ1n) is 11.4. The van der Waals surface area contributed by atoms with Gasteiger partial charge in [-0.15, -0.1) is 0 Å². The molecule has 8 heteroatoms. The van der Waals surface area contributed by atoms with Gasteiger partial charge in [0, 0.05) is 24.5 Å². The zero-order valence-corrected chi connectivity index (χ0v) is 19.8. The van der Waals surface area contributed by atoms with E-state index in [1.54, 1.807) is 42.5 Å². The van der Waals surface area contributed by atoms with Crippen molar-refractivity contribution in [3.63, 3.8) is 0 Å². The van der Waals surface area contributed by atoms with Crippen LogP contribution in [0.4, 0.5) is 11.4 Å². The van der Waals surface area contributed by atoms with Crippen LogP contribution in [0.2, 0.25) is 0 Å². The molecular weight excluding hydrogens is 458 g/mol. The maximum atomic E-state index is 13.3. The van der Waals surface area contributed by atoms with Gasteiger partial charge >= 0.3 is 0 Å². The summed E-state index contributed by atoms with van der Waals surface area (Å²) in [6.45, 7) is 2.14. The molecule has 4 aromatic rings. The van der Waals surface area contributed by atoms with Crippen LogP contribution in [0.3, 0.4) is 0 Å². The van der Waals surface area contributed by atoms with Crippen molar-refractivity contribution in [1.29, 1.82) is 5.26 Å². The summed E-state index contributed by atoms with van der Waals surface area (Å²) in [5.74, 6) is -0.0905. The Morgan fingerprint density at radius 2 is 1.66 bits per heavy atom. The fraction of sp³-hybridized carbons (Fsp3) is 0.185. The molecule has 1 N–H and O–H groups in total. The lowest BCUT2D eigenvalue weighted by Gasteiger charge is -2.17. The predicted molar refractivity (Wildman–Crippen MR) is 139 cm³/mol. The van der Waals surface area contributed by atoms with Crippen molar-refractivity contribution in [2.75, 3.05) is 29.1 Å². The third-order valence-corrected chi connectivity index (χ3v) is 6.89. The third-order valence-electron chi connectivity index (χ3n) is 5.95. The second-order valence-corrected chi connectivity index (χ2v) is 9.23. The monoisotopic (exact) mass is 481 g/mol. The molecule has 0 saturated carbocycles. The third kappa shape index (κ3) is 4.91. The van der Waals surface area contributed by atoms with E-state index in [4.69, 9.17) is 5.26 Å². The summed E-state index contributed by atoms with van der Waals surface area (Å²) < 4.78 is 1.49. The zero-order chi connectivity index (χ0) is 24.2. The summed E-state index contributed by atoms with van der Waals surface area (Å²) >= 11 is 1.20. The zero-order valence-electron chi connectivity index (χ0n) is 19.0. The largest absolute Gasteiger partial charge is 0.372 e. The van der Waals surface area contributed by atoms with Crippen LogP contribution in [0.15, 0.2) is 82.7 Å². The van der Waals surface area contributed by atoms with Gasteiger partial charge in [0.1, 0.15) is 0 Å². The van der Waals surface area contributed by atoms with Crippen molar-refractivity contribution in [3.05, 3.63) is 88.7 Å². The highest BCUT2D eigenvalue weighted by Gasteiger charge is 2.16. The number of amides is 1. The fourth-order valence-corrected chi connectivity index (χ4v) is 4.99. The fourth-order valence-electron chi connectivity index (χ4n) is 4.18. The number of nitrogens with one attached hydrogen (secondary N) is 1. The van der Waals surface area contributed by atoms with E-state index in [1.165, 1.54) is 34.9 Å². The van der Waals surface area contributed by atoms with Crippen molar-refractivity contribution in [2.45, 2.75) is 18.0 Å². The van der Waals surface area contributed by atoms with Gasteiger partial charge in [0.15, 0.2) is 5.16 Å². The molecule has 174 valence electrons. The maximum Gasteiger partial charge on any atom is 0.266 e. The molecule has 0 spiro atoms. The SMILES string of the molecule is N#Cc1ccc(-n2c(SCC(=O)Nc3ccc(N4CCCC4)cc3)nc3ccccc3c2=O)cc1. The Morgan fingerprint density at radius 3 is 2.37 bits per heavy atom. The molecule has 3 aromatic carbocycles. The van der Waals surface area contributed by atoms with Crippen molar-refractivity contribution in [1.82, 2.24) is 9.55 Å². The first-order valence-corrected chi connectivity index (χ1v) is 12.4. The highest BCUT2D eigenvalue weighted by Crippen LogP contribution is 2.24. The highest BCUT2D eigenvalue weighted by atomic mass is 32.2. The average molecular weight is 482 g/mol. The van der Waals surface area contributed by atoms with Crippen LogP contribution in [0, 0.1) is 11.3 Å². The number of aromatic nitrogens is 2. The van der Waals surface area contributed by atoms with Crippen molar-refractivity contribution >= 4 is 39.9 Å². The molecule has 35 heavy (non-hydrogen) atoms. The minimum atomic E-state index is -0.222. The molecule has 5 rings (SSSR count). The quantitative estimate of drug-likeness (QED) is 0.320. The van der Waals surface area contributed by atoms with Gasteiger partial charge in [0.05, 0.1) is 34.0 Å². The number of thioether (sulfide) groups is 1. The van der Waals surface area contributed by atoms with E-state index in [-0.39, 0.29) is 17.2 Å². The molecule has 1 aliphatic rings. The molecule has 0 atom stereocenters. The Morgan fingerprint density at radius 1 is 0.971 bits per heavy atom. The molecule has 0 unspecified atom stereocenters. The number of hydrogen-bond acceptors (Lipinski definition) is 6. The smallest absolute Gasteiger partial charge is 0.266 e. The molecular formula is C27H23N5O2S. The van der Waals surface area contributed by atoms with Crippen LogP contribution in [-0.2, 0) is 4.79 Å². The Kier molecular flexibility index (Phi) is 6.51. The van der Waals surface area contributed by atoms with Crippen LogP contribution in [0.5, 0.6) is 0 Å².